The summed E-state index contributed by atoms with van der Waals surface area (Å²) < 4.78 is 11.1. The quantitative estimate of drug-likeness (QED) is 0.465. The summed E-state index contributed by atoms with van der Waals surface area (Å²) in [5.41, 5.74) is 0.198. The predicted octanol–water partition coefficient (Wildman–Crippen LogP) is 3.71. The van der Waals surface area contributed by atoms with Gasteiger partial charge < -0.3 is 14.6 Å². The number of aliphatic hydroxyl groups is 1. The molecule has 0 fully saturated rings. The summed E-state index contributed by atoms with van der Waals surface area (Å²) in [6.45, 7) is 18.8. The molecule has 1 N–H and O–H groups in total. The van der Waals surface area contributed by atoms with Crippen LogP contribution in [0.2, 0.25) is 0 Å². The van der Waals surface area contributed by atoms with Crippen LogP contribution in [-0.2, 0) is 9.47 Å². The number of hydrogen-bond donors (Lipinski definition) is 1. The van der Waals surface area contributed by atoms with Crippen molar-refractivity contribution in [3.05, 3.63) is 74.1 Å². The van der Waals surface area contributed by atoms with Crippen LogP contribution in [0.15, 0.2) is 74.1 Å². The number of rotatable bonds is 11. The molecule has 0 aromatic heterocycles. The highest BCUT2D eigenvalue weighted by Crippen LogP contribution is 2.20. The second-order valence-corrected chi connectivity index (χ2v) is 4.91. The fourth-order valence-electron chi connectivity index (χ4n) is 1.29. The molecule has 0 aliphatic carbocycles. The van der Waals surface area contributed by atoms with Gasteiger partial charge in [0.15, 0.2) is 0 Å². The van der Waals surface area contributed by atoms with Crippen molar-refractivity contribution in [1.82, 2.24) is 0 Å². The third kappa shape index (κ3) is 8.12. The van der Waals surface area contributed by atoms with Crippen molar-refractivity contribution < 1.29 is 14.6 Å². The summed E-state index contributed by atoms with van der Waals surface area (Å²) >= 11 is 0. The predicted molar refractivity (Wildman–Crippen MR) is 88.9 cm³/mol. The zero-order valence-electron chi connectivity index (χ0n) is 13.0. The van der Waals surface area contributed by atoms with Crippen molar-refractivity contribution in [3.8, 4) is 0 Å². The van der Waals surface area contributed by atoms with E-state index < -0.39 is 11.7 Å². The van der Waals surface area contributed by atoms with Gasteiger partial charge in [0, 0.05) is 0 Å². The normalized spacial score (nSPS) is 13.8. The molecule has 0 saturated heterocycles. The molecule has 0 aromatic carbocycles. The Morgan fingerprint density at radius 2 is 1.81 bits per heavy atom. The maximum absolute atomic E-state index is 9.88. The smallest absolute Gasteiger partial charge is 0.118 e. The highest BCUT2D eigenvalue weighted by Gasteiger charge is 2.22. The van der Waals surface area contributed by atoms with Gasteiger partial charge in [0.2, 0.25) is 0 Å². The SMILES string of the molecule is C=C/C=C\C=C(/C=C)OCC(O)COC(C)(C)C(=C)C=C. The molecule has 116 valence electrons. The third-order valence-electron chi connectivity index (χ3n) is 2.81. The Balaban J connectivity index is 4.29. The molecule has 3 heteroatoms. The highest BCUT2D eigenvalue weighted by atomic mass is 16.5. The standard InChI is InChI=1S/C18H26O3/c1-7-10-11-12-17(9-3)20-13-16(19)14-21-18(5,6)15(4)8-2/h7-12,16,19H,1-4,13-14H2,5-6H3/b11-10-,17-12+. The molecule has 0 spiro atoms. The van der Waals surface area contributed by atoms with Crippen molar-refractivity contribution >= 4 is 0 Å². The van der Waals surface area contributed by atoms with E-state index in [-0.39, 0.29) is 13.2 Å². The topological polar surface area (TPSA) is 38.7 Å². The van der Waals surface area contributed by atoms with E-state index in [0.717, 1.165) is 5.57 Å². The minimum atomic E-state index is -0.742. The van der Waals surface area contributed by atoms with E-state index in [1.165, 1.54) is 0 Å². The van der Waals surface area contributed by atoms with Crippen LogP contribution < -0.4 is 0 Å². The van der Waals surface area contributed by atoms with Gasteiger partial charge in [-0.05, 0) is 31.6 Å². The maximum Gasteiger partial charge on any atom is 0.118 e. The van der Waals surface area contributed by atoms with Gasteiger partial charge in [0.1, 0.15) is 18.5 Å². The van der Waals surface area contributed by atoms with Gasteiger partial charge in [0.05, 0.1) is 12.2 Å². The first-order valence-electron chi connectivity index (χ1n) is 6.75. The van der Waals surface area contributed by atoms with E-state index in [9.17, 15) is 5.11 Å². The van der Waals surface area contributed by atoms with Crippen molar-refractivity contribution in [2.24, 2.45) is 0 Å². The van der Waals surface area contributed by atoms with Crippen LogP contribution in [0.5, 0.6) is 0 Å². The summed E-state index contributed by atoms with van der Waals surface area (Å²) in [6.07, 6.45) is 9.44. The number of hydrogen-bond acceptors (Lipinski definition) is 3. The fourth-order valence-corrected chi connectivity index (χ4v) is 1.29. The van der Waals surface area contributed by atoms with Crippen molar-refractivity contribution in [2.75, 3.05) is 13.2 Å². The minimum Gasteiger partial charge on any atom is -0.491 e. The molecular formula is C18H26O3. The molecule has 0 bridgehead atoms. The average molecular weight is 290 g/mol. The molecule has 0 rings (SSSR count). The Bertz CT molecular complexity index is 428. The Labute approximate surface area is 128 Å². The van der Waals surface area contributed by atoms with E-state index in [2.05, 4.69) is 26.3 Å². The van der Waals surface area contributed by atoms with Gasteiger partial charge in [-0.3, -0.25) is 0 Å². The summed E-state index contributed by atoms with van der Waals surface area (Å²) in [4.78, 5) is 0. The third-order valence-corrected chi connectivity index (χ3v) is 2.81. The van der Waals surface area contributed by atoms with Crippen LogP contribution >= 0.6 is 0 Å². The average Bonchev–Trinajstić information content (AvgIpc) is 2.47. The Hall–Kier alpha value is -1.84. The Morgan fingerprint density at radius 1 is 1.14 bits per heavy atom. The zero-order valence-corrected chi connectivity index (χ0v) is 13.0. The molecule has 0 aliphatic rings. The molecule has 3 nitrogen and oxygen atoms in total. The number of allylic oxidation sites excluding steroid dienone is 5. The van der Waals surface area contributed by atoms with Crippen LogP contribution in [-0.4, -0.2) is 30.0 Å². The van der Waals surface area contributed by atoms with Gasteiger partial charge in [-0.2, -0.15) is 0 Å². The second-order valence-electron chi connectivity index (χ2n) is 4.91. The molecule has 1 atom stereocenters. The van der Waals surface area contributed by atoms with Gasteiger partial charge in [-0.1, -0.05) is 50.6 Å². The monoisotopic (exact) mass is 290 g/mol. The van der Waals surface area contributed by atoms with Crippen molar-refractivity contribution in [2.45, 2.75) is 25.6 Å². The largest absolute Gasteiger partial charge is 0.491 e. The maximum atomic E-state index is 9.88. The molecule has 0 aromatic rings. The molecule has 0 amide bonds. The Morgan fingerprint density at radius 3 is 2.33 bits per heavy atom. The highest BCUT2D eigenvalue weighted by molar-refractivity contribution is 5.21. The van der Waals surface area contributed by atoms with E-state index in [4.69, 9.17) is 9.47 Å². The number of ether oxygens (including phenoxy) is 2. The summed E-state index contributed by atoms with van der Waals surface area (Å²) in [5.74, 6) is 0.571. The van der Waals surface area contributed by atoms with Crippen LogP contribution in [0.1, 0.15) is 13.8 Å². The molecule has 0 radical (unpaired) electrons. The lowest BCUT2D eigenvalue weighted by Gasteiger charge is -2.27. The van der Waals surface area contributed by atoms with Crippen LogP contribution in [0.3, 0.4) is 0 Å². The number of aliphatic hydroxyl groups excluding tert-OH is 1. The summed E-state index contributed by atoms with van der Waals surface area (Å²) in [5, 5.41) is 9.88. The molecule has 21 heavy (non-hydrogen) atoms. The van der Waals surface area contributed by atoms with Crippen LogP contribution in [0.4, 0.5) is 0 Å². The van der Waals surface area contributed by atoms with Gasteiger partial charge in [-0.25, -0.2) is 0 Å². The molecule has 1 unspecified atom stereocenters. The molecule has 0 aliphatic heterocycles. The van der Waals surface area contributed by atoms with E-state index >= 15 is 0 Å². The van der Waals surface area contributed by atoms with E-state index in [1.807, 2.05) is 13.8 Å². The lowest BCUT2D eigenvalue weighted by atomic mass is 10.00. The van der Waals surface area contributed by atoms with Gasteiger partial charge >= 0.3 is 0 Å². The van der Waals surface area contributed by atoms with Crippen molar-refractivity contribution in [3.63, 3.8) is 0 Å². The second kappa shape index (κ2) is 9.97. The van der Waals surface area contributed by atoms with E-state index in [1.54, 1.807) is 36.5 Å². The summed E-state index contributed by atoms with van der Waals surface area (Å²) in [7, 11) is 0. The van der Waals surface area contributed by atoms with Crippen LogP contribution in [0, 0.1) is 0 Å². The molecule has 0 heterocycles. The van der Waals surface area contributed by atoms with Crippen molar-refractivity contribution in [1.29, 1.82) is 0 Å². The van der Waals surface area contributed by atoms with Crippen LogP contribution in [0.25, 0.3) is 0 Å². The fraction of sp³-hybridized carbons (Fsp3) is 0.333. The first-order valence-corrected chi connectivity index (χ1v) is 6.75. The van der Waals surface area contributed by atoms with E-state index in [0.29, 0.717) is 5.76 Å². The first kappa shape index (κ1) is 19.2. The first-order chi connectivity index (χ1) is 9.87. The van der Waals surface area contributed by atoms with Gasteiger partial charge in [-0.15, -0.1) is 0 Å². The molecule has 0 saturated carbocycles. The zero-order chi connectivity index (χ0) is 16.3. The van der Waals surface area contributed by atoms with Gasteiger partial charge in [0.25, 0.3) is 0 Å². The minimum absolute atomic E-state index is 0.121. The summed E-state index contributed by atoms with van der Waals surface area (Å²) in [6, 6.07) is 0. The lowest BCUT2D eigenvalue weighted by Crippen LogP contribution is -2.32. The molecular weight excluding hydrogens is 264 g/mol. The Kier molecular flexibility index (Phi) is 9.10. The lowest BCUT2D eigenvalue weighted by molar-refractivity contribution is -0.0545.